The van der Waals surface area contributed by atoms with E-state index in [0.29, 0.717) is 18.6 Å². The Morgan fingerprint density at radius 1 is 1.38 bits per heavy atom. The first-order valence-corrected chi connectivity index (χ1v) is 6.64. The Morgan fingerprint density at radius 2 is 1.94 bits per heavy atom. The highest BCUT2D eigenvalue weighted by molar-refractivity contribution is 5.79. The van der Waals surface area contributed by atoms with Crippen LogP contribution in [-0.2, 0) is 4.79 Å². The van der Waals surface area contributed by atoms with Gasteiger partial charge in [-0.1, -0.05) is 13.3 Å². The lowest BCUT2D eigenvalue weighted by Crippen LogP contribution is -2.51. The number of amides is 1. The van der Waals surface area contributed by atoms with Gasteiger partial charge in [-0.3, -0.25) is 4.79 Å². The van der Waals surface area contributed by atoms with E-state index in [1.54, 1.807) is 0 Å². The second-order valence-electron chi connectivity index (χ2n) is 5.10. The Balaban J connectivity index is 2.68. The number of piperidine rings is 1. The van der Waals surface area contributed by atoms with Crippen LogP contribution in [0.3, 0.4) is 0 Å². The first-order valence-electron chi connectivity index (χ1n) is 6.64. The summed E-state index contributed by atoms with van der Waals surface area (Å²) < 4.78 is 0. The molecule has 1 fully saturated rings. The van der Waals surface area contributed by atoms with Gasteiger partial charge in [-0.15, -0.1) is 0 Å². The topological polar surface area (TPSA) is 46.3 Å². The van der Waals surface area contributed by atoms with Gasteiger partial charge in [-0.05, 0) is 39.5 Å². The van der Waals surface area contributed by atoms with Crippen molar-refractivity contribution < 1.29 is 4.79 Å². The van der Waals surface area contributed by atoms with Crippen molar-refractivity contribution >= 4 is 5.91 Å². The van der Waals surface area contributed by atoms with E-state index in [1.165, 1.54) is 6.42 Å². The van der Waals surface area contributed by atoms with E-state index in [1.807, 2.05) is 0 Å². The number of nitrogens with two attached hydrogens (primary N) is 1. The molecule has 3 nitrogen and oxygen atoms in total. The summed E-state index contributed by atoms with van der Waals surface area (Å²) in [7, 11) is 0. The molecule has 1 amide bonds. The molecule has 16 heavy (non-hydrogen) atoms. The van der Waals surface area contributed by atoms with Gasteiger partial charge in [0.15, 0.2) is 0 Å². The van der Waals surface area contributed by atoms with Gasteiger partial charge in [0.05, 0.1) is 5.92 Å². The third-order valence-electron chi connectivity index (χ3n) is 3.72. The van der Waals surface area contributed by atoms with Gasteiger partial charge in [0.25, 0.3) is 0 Å². The van der Waals surface area contributed by atoms with Gasteiger partial charge in [0, 0.05) is 18.6 Å². The number of likely N-dealkylation sites (tertiary alicyclic amines) is 1. The fourth-order valence-corrected chi connectivity index (χ4v) is 2.76. The minimum Gasteiger partial charge on any atom is -0.337 e. The van der Waals surface area contributed by atoms with Gasteiger partial charge in [0.1, 0.15) is 0 Å². The van der Waals surface area contributed by atoms with Crippen LogP contribution < -0.4 is 5.73 Å². The van der Waals surface area contributed by atoms with Crippen LogP contribution in [0.1, 0.15) is 52.9 Å². The summed E-state index contributed by atoms with van der Waals surface area (Å²) in [6, 6.07) is 0.782. The van der Waals surface area contributed by atoms with Crippen molar-refractivity contribution in [3.63, 3.8) is 0 Å². The minimum absolute atomic E-state index is 0.0352. The first kappa shape index (κ1) is 13.5. The molecular formula is C13H26N2O. The molecule has 1 aliphatic rings. The predicted octanol–water partition coefficient (Wildman–Crippen LogP) is 2.15. The van der Waals surface area contributed by atoms with Gasteiger partial charge < -0.3 is 10.6 Å². The summed E-state index contributed by atoms with van der Waals surface area (Å²) in [6.07, 6.45) is 5.47. The molecule has 0 saturated carbocycles. The zero-order chi connectivity index (χ0) is 12.1. The van der Waals surface area contributed by atoms with Crippen LogP contribution in [0.2, 0.25) is 0 Å². The maximum absolute atomic E-state index is 12.4. The van der Waals surface area contributed by atoms with E-state index in [-0.39, 0.29) is 11.8 Å². The van der Waals surface area contributed by atoms with Crippen molar-refractivity contribution in [2.24, 2.45) is 11.7 Å². The summed E-state index contributed by atoms with van der Waals surface area (Å²) in [4.78, 5) is 14.5. The summed E-state index contributed by atoms with van der Waals surface area (Å²) in [6.45, 7) is 6.92. The summed E-state index contributed by atoms with van der Waals surface area (Å²) >= 11 is 0. The van der Waals surface area contributed by atoms with Crippen LogP contribution in [0.25, 0.3) is 0 Å². The van der Waals surface area contributed by atoms with E-state index in [9.17, 15) is 4.79 Å². The van der Waals surface area contributed by atoms with Crippen LogP contribution in [0.5, 0.6) is 0 Å². The average Bonchev–Trinajstić information content (AvgIpc) is 2.25. The van der Waals surface area contributed by atoms with Gasteiger partial charge in [0.2, 0.25) is 5.91 Å². The van der Waals surface area contributed by atoms with Gasteiger partial charge in [-0.2, -0.15) is 0 Å². The third kappa shape index (κ3) is 2.97. The van der Waals surface area contributed by atoms with Crippen LogP contribution in [0.15, 0.2) is 0 Å². The van der Waals surface area contributed by atoms with E-state index in [2.05, 4.69) is 25.7 Å². The second kappa shape index (κ2) is 6.24. The van der Waals surface area contributed by atoms with E-state index >= 15 is 0 Å². The lowest BCUT2D eigenvalue weighted by Gasteiger charge is -2.40. The van der Waals surface area contributed by atoms with Crippen LogP contribution in [0.4, 0.5) is 0 Å². The molecule has 0 radical (unpaired) electrons. The number of hydrogen-bond donors (Lipinski definition) is 1. The maximum Gasteiger partial charge on any atom is 0.227 e. The predicted molar refractivity (Wildman–Crippen MR) is 67.1 cm³/mol. The highest BCUT2D eigenvalue weighted by atomic mass is 16.2. The number of hydrogen-bond acceptors (Lipinski definition) is 2. The van der Waals surface area contributed by atoms with Crippen LogP contribution >= 0.6 is 0 Å². The zero-order valence-corrected chi connectivity index (χ0v) is 10.9. The maximum atomic E-state index is 12.4. The molecule has 0 spiro atoms. The fourth-order valence-electron chi connectivity index (χ4n) is 2.76. The molecule has 0 aromatic rings. The zero-order valence-electron chi connectivity index (χ0n) is 10.9. The Labute approximate surface area is 99.4 Å². The van der Waals surface area contributed by atoms with Crippen LogP contribution in [0, 0.1) is 5.92 Å². The Hall–Kier alpha value is -0.570. The molecule has 1 heterocycles. The normalized spacial score (nSPS) is 27.9. The SMILES string of the molecule is CCCC(CN)C(=O)N1C(C)CCCC1C. The molecule has 94 valence electrons. The summed E-state index contributed by atoms with van der Waals surface area (Å²) in [5.74, 6) is 0.317. The van der Waals surface area contributed by atoms with E-state index in [0.717, 1.165) is 25.7 Å². The summed E-state index contributed by atoms with van der Waals surface area (Å²) in [5, 5.41) is 0. The average molecular weight is 226 g/mol. The first-order chi connectivity index (χ1) is 7.61. The monoisotopic (exact) mass is 226 g/mol. The van der Waals surface area contributed by atoms with Crippen LogP contribution in [-0.4, -0.2) is 29.4 Å². The second-order valence-corrected chi connectivity index (χ2v) is 5.10. The molecule has 0 aromatic heterocycles. The molecule has 0 aliphatic carbocycles. The number of carbonyl (C=O) groups excluding carboxylic acids is 1. The molecular weight excluding hydrogens is 200 g/mol. The van der Waals surface area contributed by atoms with Crippen molar-refractivity contribution in [2.45, 2.75) is 65.0 Å². The molecule has 3 heteroatoms. The lowest BCUT2D eigenvalue weighted by molar-refractivity contribution is -0.141. The highest BCUT2D eigenvalue weighted by Gasteiger charge is 2.32. The molecule has 1 aliphatic heterocycles. The highest BCUT2D eigenvalue weighted by Crippen LogP contribution is 2.25. The van der Waals surface area contributed by atoms with Crippen molar-refractivity contribution in [1.82, 2.24) is 4.90 Å². The van der Waals surface area contributed by atoms with Gasteiger partial charge >= 0.3 is 0 Å². The van der Waals surface area contributed by atoms with Crippen molar-refractivity contribution in [2.75, 3.05) is 6.54 Å². The number of rotatable bonds is 4. The molecule has 2 N–H and O–H groups in total. The molecule has 3 atom stereocenters. The van der Waals surface area contributed by atoms with E-state index in [4.69, 9.17) is 5.73 Å². The van der Waals surface area contributed by atoms with E-state index < -0.39 is 0 Å². The number of nitrogens with zero attached hydrogens (tertiary/aromatic N) is 1. The van der Waals surface area contributed by atoms with Gasteiger partial charge in [-0.25, -0.2) is 0 Å². The Kier molecular flexibility index (Phi) is 5.26. The smallest absolute Gasteiger partial charge is 0.227 e. The Bertz CT molecular complexity index is 220. The Morgan fingerprint density at radius 3 is 2.38 bits per heavy atom. The van der Waals surface area contributed by atoms with Crippen molar-refractivity contribution in [3.05, 3.63) is 0 Å². The van der Waals surface area contributed by atoms with Crippen molar-refractivity contribution in [3.8, 4) is 0 Å². The molecule has 1 rings (SSSR count). The standard InChI is InChI=1S/C13H26N2O/c1-4-6-12(9-14)13(16)15-10(2)7-5-8-11(15)3/h10-12H,4-9,14H2,1-3H3. The molecule has 1 saturated heterocycles. The molecule has 3 unspecified atom stereocenters. The third-order valence-corrected chi connectivity index (χ3v) is 3.72. The largest absolute Gasteiger partial charge is 0.337 e. The quantitative estimate of drug-likeness (QED) is 0.798. The lowest BCUT2D eigenvalue weighted by atomic mass is 9.93. The molecule has 0 bridgehead atoms. The summed E-state index contributed by atoms with van der Waals surface area (Å²) in [5.41, 5.74) is 5.71. The minimum atomic E-state index is 0.0352. The fraction of sp³-hybridized carbons (Fsp3) is 0.923. The van der Waals surface area contributed by atoms with Crippen molar-refractivity contribution in [1.29, 1.82) is 0 Å². The molecule has 0 aromatic carbocycles. The number of carbonyl (C=O) groups is 1.